The van der Waals surface area contributed by atoms with Crippen molar-refractivity contribution in [2.75, 3.05) is 25.9 Å². The Bertz CT molecular complexity index is 834. The lowest BCUT2D eigenvalue weighted by Crippen LogP contribution is -2.38. The zero-order valence-electron chi connectivity index (χ0n) is 15.3. The summed E-state index contributed by atoms with van der Waals surface area (Å²) in [7, 11) is -1.43. The highest BCUT2D eigenvalue weighted by Crippen LogP contribution is 2.24. The van der Waals surface area contributed by atoms with Crippen molar-refractivity contribution in [2.24, 2.45) is 4.99 Å². The number of guanidine groups is 1. The van der Waals surface area contributed by atoms with E-state index in [-0.39, 0.29) is 29.7 Å². The molecule has 146 valence electrons. The molecule has 0 fully saturated rings. The van der Waals surface area contributed by atoms with Crippen LogP contribution in [0.2, 0.25) is 0 Å². The van der Waals surface area contributed by atoms with Crippen molar-refractivity contribution >= 4 is 50.9 Å². The molecule has 0 saturated heterocycles. The summed E-state index contributed by atoms with van der Waals surface area (Å²) in [6.07, 6.45) is 0.670. The molecule has 1 aromatic heterocycles. The molecule has 0 aliphatic rings. The molecule has 0 aliphatic heterocycles. The number of sulfonamides is 1. The maximum absolute atomic E-state index is 11.3. The van der Waals surface area contributed by atoms with Gasteiger partial charge in [0.25, 0.3) is 0 Å². The van der Waals surface area contributed by atoms with Gasteiger partial charge in [-0.1, -0.05) is 18.2 Å². The van der Waals surface area contributed by atoms with Gasteiger partial charge >= 0.3 is 0 Å². The molecule has 1 aromatic carbocycles. The third kappa shape index (κ3) is 6.44. The van der Waals surface area contributed by atoms with Gasteiger partial charge in [0.2, 0.25) is 10.0 Å². The summed E-state index contributed by atoms with van der Waals surface area (Å²) in [5.41, 5.74) is 2.00. The minimum absolute atomic E-state index is 0. The zero-order valence-corrected chi connectivity index (χ0v) is 18.5. The van der Waals surface area contributed by atoms with Crippen molar-refractivity contribution in [1.82, 2.24) is 15.4 Å². The second-order valence-corrected chi connectivity index (χ2v) is 7.75. The highest BCUT2D eigenvalue weighted by molar-refractivity contribution is 14.0. The Balaban J connectivity index is 0.00000338. The van der Waals surface area contributed by atoms with Gasteiger partial charge in [0.05, 0.1) is 12.3 Å². The molecule has 0 atom stereocenters. The monoisotopic (exact) mass is 494 g/mol. The number of aryl methyl sites for hydroxylation is 1. The molecule has 2 rings (SSSR count). The van der Waals surface area contributed by atoms with E-state index in [1.54, 1.807) is 14.0 Å². The summed E-state index contributed by atoms with van der Waals surface area (Å²) in [6.45, 7) is 5.21. The van der Waals surface area contributed by atoms with Crippen LogP contribution in [0, 0.1) is 6.92 Å². The van der Waals surface area contributed by atoms with Gasteiger partial charge in [-0.3, -0.25) is 4.99 Å². The van der Waals surface area contributed by atoms with Crippen LogP contribution in [0.25, 0.3) is 11.0 Å². The smallest absolute Gasteiger partial charge is 0.211 e. The number of furan rings is 1. The van der Waals surface area contributed by atoms with Crippen LogP contribution in [0.4, 0.5) is 0 Å². The molecule has 0 unspecified atom stereocenters. The van der Waals surface area contributed by atoms with E-state index in [0.29, 0.717) is 32.0 Å². The lowest BCUT2D eigenvalue weighted by molar-refractivity contribution is 0.534. The molecule has 3 N–H and O–H groups in total. The molecule has 26 heavy (non-hydrogen) atoms. The van der Waals surface area contributed by atoms with E-state index >= 15 is 0 Å². The first kappa shape index (κ1) is 22.7. The normalized spacial score (nSPS) is 12.0. The highest BCUT2D eigenvalue weighted by atomic mass is 127. The number of hydrogen-bond donors (Lipinski definition) is 3. The minimum atomic E-state index is -3.13. The van der Waals surface area contributed by atoms with Gasteiger partial charge in [0.1, 0.15) is 11.3 Å². The van der Waals surface area contributed by atoms with Crippen molar-refractivity contribution in [3.63, 3.8) is 0 Å². The Morgan fingerprint density at radius 3 is 2.58 bits per heavy atom. The van der Waals surface area contributed by atoms with Gasteiger partial charge in [0, 0.05) is 31.1 Å². The lowest BCUT2D eigenvalue weighted by atomic mass is 10.1. The molecule has 2 aromatic rings. The van der Waals surface area contributed by atoms with Gasteiger partial charge < -0.3 is 15.1 Å². The Morgan fingerprint density at radius 2 is 1.92 bits per heavy atom. The lowest BCUT2D eigenvalue weighted by Gasteiger charge is -2.11. The predicted octanol–water partition coefficient (Wildman–Crippen LogP) is 2.35. The van der Waals surface area contributed by atoms with Gasteiger partial charge in [-0.05, 0) is 26.3 Å². The molecule has 0 aliphatic carbocycles. The highest BCUT2D eigenvalue weighted by Gasteiger charge is 2.10. The van der Waals surface area contributed by atoms with Crippen LogP contribution in [0.3, 0.4) is 0 Å². The van der Waals surface area contributed by atoms with E-state index < -0.39 is 10.0 Å². The first-order chi connectivity index (χ1) is 12.0. The number of fused-ring (bicyclic) bond motifs is 1. The number of aliphatic imine (C=N–C) groups is 1. The molecule has 0 saturated carbocycles. The summed E-state index contributed by atoms with van der Waals surface area (Å²) in [6, 6.07) is 7.95. The van der Waals surface area contributed by atoms with Crippen LogP contribution in [0.15, 0.2) is 33.7 Å². The van der Waals surface area contributed by atoms with Crippen LogP contribution in [-0.2, 0) is 16.6 Å². The standard InChI is InChI=1S/C17H26N4O3S.HI/c1-4-25(22,23)21-11-7-10-19-17(18-3)20-12-16-13(2)14-8-5-6-9-15(14)24-16;/h5-6,8-9,21H,4,7,10-12H2,1-3H3,(H2,18,19,20);1H. The number of hydrogen-bond acceptors (Lipinski definition) is 4. The summed E-state index contributed by atoms with van der Waals surface area (Å²) >= 11 is 0. The van der Waals surface area contributed by atoms with Crippen molar-refractivity contribution in [1.29, 1.82) is 0 Å². The van der Waals surface area contributed by atoms with E-state index in [9.17, 15) is 8.42 Å². The van der Waals surface area contributed by atoms with Crippen molar-refractivity contribution < 1.29 is 12.8 Å². The third-order valence-electron chi connectivity index (χ3n) is 3.93. The molecular weight excluding hydrogens is 467 g/mol. The molecule has 1 heterocycles. The maximum atomic E-state index is 11.3. The topological polar surface area (TPSA) is 95.7 Å². The predicted molar refractivity (Wildman–Crippen MR) is 117 cm³/mol. The first-order valence-electron chi connectivity index (χ1n) is 8.35. The molecule has 0 bridgehead atoms. The van der Waals surface area contributed by atoms with E-state index in [4.69, 9.17) is 4.42 Å². The number of nitrogens with zero attached hydrogens (tertiary/aromatic N) is 1. The summed E-state index contributed by atoms with van der Waals surface area (Å²) in [5.74, 6) is 1.62. The van der Waals surface area contributed by atoms with Crippen LogP contribution >= 0.6 is 24.0 Å². The first-order valence-corrected chi connectivity index (χ1v) is 10.0. The van der Waals surface area contributed by atoms with Crippen molar-refractivity contribution in [3.05, 3.63) is 35.6 Å². The number of rotatable bonds is 8. The quantitative estimate of drug-likeness (QED) is 0.227. The Kier molecular flexibility index (Phi) is 9.37. The second-order valence-electron chi connectivity index (χ2n) is 5.65. The Morgan fingerprint density at radius 1 is 1.19 bits per heavy atom. The number of para-hydroxylation sites is 1. The molecule has 9 heteroatoms. The second kappa shape index (κ2) is 10.7. The molecule has 0 amide bonds. The van der Waals surface area contributed by atoms with Gasteiger partial charge in [-0.15, -0.1) is 24.0 Å². The van der Waals surface area contributed by atoms with Crippen LogP contribution < -0.4 is 15.4 Å². The zero-order chi connectivity index (χ0) is 18.3. The van der Waals surface area contributed by atoms with Crippen LogP contribution in [0.1, 0.15) is 24.7 Å². The van der Waals surface area contributed by atoms with Crippen LogP contribution in [0.5, 0.6) is 0 Å². The Labute approximate surface area is 172 Å². The average molecular weight is 494 g/mol. The summed E-state index contributed by atoms with van der Waals surface area (Å²) in [4.78, 5) is 4.16. The largest absolute Gasteiger partial charge is 0.459 e. The molecular formula is C17H27IN4O3S. The Hall–Kier alpha value is -1.33. The SMILES string of the molecule is CCS(=O)(=O)NCCCNC(=NC)NCc1oc2ccccc2c1C.I. The van der Waals surface area contributed by atoms with E-state index in [1.165, 1.54) is 0 Å². The number of halogens is 1. The van der Waals surface area contributed by atoms with Crippen LogP contribution in [-0.4, -0.2) is 40.3 Å². The summed E-state index contributed by atoms with van der Waals surface area (Å²) < 4.78 is 31.1. The van der Waals surface area contributed by atoms with E-state index in [2.05, 4.69) is 20.3 Å². The summed E-state index contributed by atoms with van der Waals surface area (Å²) in [5, 5.41) is 7.49. The third-order valence-corrected chi connectivity index (χ3v) is 5.33. The number of nitrogens with one attached hydrogen (secondary N) is 3. The fraction of sp³-hybridized carbons (Fsp3) is 0.471. The van der Waals surface area contributed by atoms with Crippen molar-refractivity contribution in [2.45, 2.75) is 26.8 Å². The molecule has 0 spiro atoms. The van der Waals surface area contributed by atoms with E-state index in [0.717, 1.165) is 22.3 Å². The van der Waals surface area contributed by atoms with Crippen molar-refractivity contribution in [3.8, 4) is 0 Å². The van der Waals surface area contributed by atoms with Gasteiger partial charge in [-0.25, -0.2) is 13.1 Å². The maximum Gasteiger partial charge on any atom is 0.211 e. The molecule has 7 nitrogen and oxygen atoms in total. The molecule has 0 radical (unpaired) electrons. The van der Waals surface area contributed by atoms with Gasteiger partial charge in [-0.2, -0.15) is 0 Å². The number of benzene rings is 1. The fourth-order valence-corrected chi connectivity index (χ4v) is 3.06. The minimum Gasteiger partial charge on any atom is -0.459 e. The van der Waals surface area contributed by atoms with E-state index in [1.807, 2.05) is 31.2 Å². The average Bonchev–Trinajstić information content (AvgIpc) is 2.93. The fourth-order valence-electron chi connectivity index (χ4n) is 2.40. The van der Waals surface area contributed by atoms with Gasteiger partial charge in [0.15, 0.2) is 5.96 Å².